The first-order valence-electron chi connectivity index (χ1n) is 2.74. The summed E-state index contributed by atoms with van der Waals surface area (Å²) in [4.78, 5) is 0. The molecule has 0 spiro atoms. The lowest BCUT2D eigenvalue weighted by Crippen LogP contribution is -1.79. The molecule has 0 unspecified atom stereocenters. The summed E-state index contributed by atoms with van der Waals surface area (Å²) >= 11 is 11.1. The number of nitriles is 1. The molecule has 0 atom stereocenters. The number of aromatic hydroxyl groups is 1. The molecular formula is C7H3Cl2NO. The van der Waals surface area contributed by atoms with Crippen molar-refractivity contribution < 1.29 is 5.11 Å². The van der Waals surface area contributed by atoms with Gasteiger partial charge in [0.25, 0.3) is 0 Å². The lowest BCUT2D eigenvalue weighted by atomic mass is 10.2. The highest BCUT2D eigenvalue weighted by atomic mass is 35.5. The van der Waals surface area contributed by atoms with E-state index >= 15 is 0 Å². The maximum absolute atomic E-state index is 9.01. The molecule has 0 aromatic heterocycles. The van der Waals surface area contributed by atoms with E-state index in [0.717, 1.165) is 0 Å². The van der Waals surface area contributed by atoms with Gasteiger partial charge in [0.1, 0.15) is 16.8 Å². The molecule has 1 rings (SSSR count). The third kappa shape index (κ3) is 1.40. The van der Waals surface area contributed by atoms with Crippen molar-refractivity contribution in [3.8, 4) is 11.8 Å². The van der Waals surface area contributed by atoms with Crippen molar-refractivity contribution in [1.82, 2.24) is 0 Å². The van der Waals surface area contributed by atoms with E-state index in [4.69, 9.17) is 33.6 Å². The Labute approximate surface area is 73.6 Å². The summed E-state index contributed by atoms with van der Waals surface area (Å²) < 4.78 is 0. The second-order valence-corrected chi connectivity index (χ2v) is 2.65. The molecule has 0 aliphatic heterocycles. The molecule has 1 N–H and O–H groups in total. The van der Waals surface area contributed by atoms with Crippen molar-refractivity contribution in [3.05, 3.63) is 27.7 Å². The van der Waals surface area contributed by atoms with Crippen LogP contribution in [0.25, 0.3) is 0 Å². The van der Waals surface area contributed by atoms with E-state index < -0.39 is 0 Å². The van der Waals surface area contributed by atoms with Crippen molar-refractivity contribution in [2.45, 2.75) is 0 Å². The predicted octanol–water partition coefficient (Wildman–Crippen LogP) is 2.57. The maximum atomic E-state index is 9.01. The lowest BCUT2D eigenvalue weighted by molar-refractivity contribution is 0.475. The number of benzene rings is 1. The van der Waals surface area contributed by atoms with Crippen molar-refractivity contribution >= 4 is 23.2 Å². The van der Waals surface area contributed by atoms with Gasteiger partial charge in [0.2, 0.25) is 0 Å². The van der Waals surface area contributed by atoms with Crippen molar-refractivity contribution in [2.75, 3.05) is 0 Å². The van der Waals surface area contributed by atoms with Crippen LogP contribution in [0.15, 0.2) is 12.1 Å². The van der Waals surface area contributed by atoms with Gasteiger partial charge < -0.3 is 5.11 Å². The van der Waals surface area contributed by atoms with E-state index in [1.165, 1.54) is 12.1 Å². The molecule has 0 heterocycles. The van der Waals surface area contributed by atoms with E-state index in [2.05, 4.69) is 0 Å². The fraction of sp³-hybridized carbons (Fsp3) is 0. The quantitative estimate of drug-likeness (QED) is 0.679. The minimum atomic E-state index is -0.132. The van der Waals surface area contributed by atoms with Gasteiger partial charge in [-0.2, -0.15) is 5.26 Å². The van der Waals surface area contributed by atoms with E-state index in [9.17, 15) is 0 Å². The van der Waals surface area contributed by atoms with Crippen LogP contribution >= 0.6 is 23.2 Å². The standard InChI is InChI=1S/C7H3Cl2NO/c8-5-1-2-6(11)7(9)4(5)3-10/h1-2,11H. The molecule has 0 saturated carbocycles. The Morgan fingerprint density at radius 2 is 2.00 bits per heavy atom. The highest BCUT2D eigenvalue weighted by Gasteiger charge is 2.08. The number of phenolic OH excluding ortho intramolecular Hbond substituents is 1. The Bertz CT molecular complexity index is 330. The SMILES string of the molecule is N#Cc1c(Cl)ccc(O)c1Cl. The molecule has 4 heteroatoms. The lowest BCUT2D eigenvalue weighted by Gasteiger charge is -1.98. The zero-order chi connectivity index (χ0) is 8.43. The minimum absolute atomic E-state index is 0.000000000000000222. The first kappa shape index (κ1) is 8.19. The fourth-order valence-corrected chi connectivity index (χ4v) is 1.10. The van der Waals surface area contributed by atoms with Crippen LogP contribution in [-0.2, 0) is 0 Å². The molecule has 1 aromatic carbocycles. The Morgan fingerprint density at radius 1 is 1.36 bits per heavy atom. The number of hydrogen-bond donors (Lipinski definition) is 1. The van der Waals surface area contributed by atoms with Crippen molar-refractivity contribution in [2.24, 2.45) is 0 Å². The highest BCUT2D eigenvalue weighted by Crippen LogP contribution is 2.31. The molecule has 2 nitrogen and oxygen atoms in total. The zero-order valence-corrected chi connectivity index (χ0v) is 6.82. The summed E-state index contributed by atoms with van der Waals surface area (Å²) in [6, 6.07) is 4.54. The molecular weight excluding hydrogens is 185 g/mol. The predicted molar refractivity (Wildman–Crippen MR) is 42.8 cm³/mol. The van der Waals surface area contributed by atoms with Gasteiger partial charge in [-0.15, -0.1) is 0 Å². The van der Waals surface area contributed by atoms with Crippen LogP contribution in [0.3, 0.4) is 0 Å². The molecule has 0 amide bonds. The second-order valence-electron chi connectivity index (χ2n) is 1.87. The maximum Gasteiger partial charge on any atom is 0.135 e. The fourth-order valence-electron chi connectivity index (χ4n) is 0.644. The summed E-state index contributed by atoms with van der Waals surface area (Å²) in [5.74, 6) is -0.132. The average Bonchev–Trinajstić information content (AvgIpc) is 1.99. The third-order valence-corrected chi connectivity index (χ3v) is 1.88. The largest absolute Gasteiger partial charge is 0.506 e. The van der Waals surface area contributed by atoms with E-state index in [1.54, 1.807) is 6.07 Å². The Hall–Kier alpha value is -0.910. The van der Waals surface area contributed by atoms with Crippen LogP contribution in [0.2, 0.25) is 10.0 Å². The van der Waals surface area contributed by atoms with Crippen LogP contribution in [0, 0.1) is 11.3 Å². The summed E-state index contributed by atoms with van der Waals surface area (Å²) in [7, 11) is 0. The van der Waals surface area contributed by atoms with Gasteiger partial charge in [0.05, 0.1) is 10.6 Å². The molecule has 0 aliphatic rings. The Morgan fingerprint density at radius 3 is 2.45 bits per heavy atom. The number of hydrogen-bond acceptors (Lipinski definition) is 2. The number of phenols is 1. The molecule has 0 radical (unpaired) electrons. The first-order valence-corrected chi connectivity index (χ1v) is 3.49. The van der Waals surface area contributed by atoms with Gasteiger partial charge in [-0.1, -0.05) is 23.2 Å². The van der Waals surface area contributed by atoms with E-state index in [-0.39, 0.29) is 21.4 Å². The first-order chi connectivity index (χ1) is 5.16. The smallest absolute Gasteiger partial charge is 0.135 e. The molecule has 56 valence electrons. The summed E-state index contributed by atoms with van der Waals surface area (Å²) in [5, 5.41) is 17.8. The topological polar surface area (TPSA) is 44.0 Å². The van der Waals surface area contributed by atoms with Crippen LogP contribution in [-0.4, -0.2) is 5.11 Å². The monoisotopic (exact) mass is 187 g/mol. The van der Waals surface area contributed by atoms with Gasteiger partial charge in [-0.05, 0) is 12.1 Å². The van der Waals surface area contributed by atoms with Gasteiger partial charge in [0, 0.05) is 0 Å². The molecule has 0 saturated heterocycles. The molecule has 0 aliphatic carbocycles. The summed E-state index contributed by atoms with van der Waals surface area (Å²) in [6.45, 7) is 0. The zero-order valence-electron chi connectivity index (χ0n) is 5.31. The van der Waals surface area contributed by atoms with Crippen molar-refractivity contribution in [3.63, 3.8) is 0 Å². The van der Waals surface area contributed by atoms with Crippen LogP contribution < -0.4 is 0 Å². The Balaban J connectivity index is 3.44. The van der Waals surface area contributed by atoms with E-state index in [1.807, 2.05) is 0 Å². The van der Waals surface area contributed by atoms with E-state index in [0.29, 0.717) is 0 Å². The summed E-state index contributed by atoms with van der Waals surface area (Å²) in [6.07, 6.45) is 0. The number of nitrogens with zero attached hydrogens (tertiary/aromatic N) is 1. The molecule has 1 aromatic rings. The van der Waals surface area contributed by atoms with Crippen LogP contribution in [0.1, 0.15) is 5.56 Å². The van der Waals surface area contributed by atoms with Gasteiger partial charge in [-0.3, -0.25) is 0 Å². The normalized spacial score (nSPS) is 9.18. The third-order valence-electron chi connectivity index (χ3n) is 1.18. The Kier molecular flexibility index (Phi) is 2.23. The van der Waals surface area contributed by atoms with Gasteiger partial charge >= 0.3 is 0 Å². The van der Waals surface area contributed by atoms with Crippen molar-refractivity contribution in [1.29, 1.82) is 5.26 Å². The highest BCUT2D eigenvalue weighted by molar-refractivity contribution is 6.37. The molecule has 11 heavy (non-hydrogen) atoms. The van der Waals surface area contributed by atoms with Gasteiger partial charge in [0.15, 0.2) is 0 Å². The van der Waals surface area contributed by atoms with Crippen LogP contribution in [0.4, 0.5) is 0 Å². The number of rotatable bonds is 0. The van der Waals surface area contributed by atoms with Crippen LogP contribution in [0.5, 0.6) is 5.75 Å². The molecule has 0 fully saturated rings. The average molecular weight is 188 g/mol. The second kappa shape index (κ2) is 3.00. The van der Waals surface area contributed by atoms with Gasteiger partial charge in [-0.25, -0.2) is 0 Å². The minimum Gasteiger partial charge on any atom is -0.506 e. The molecule has 0 bridgehead atoms. The number of halogens is 2. The summed E-state index contributed by atoms with van der Waals surface area (Å²) in [5.41, 5.74) is 0.105.